The summed E-state index contributed by atoms with van der Waals surface area (Å²) >= 11 is 0. The highest BCUT2D eigenvalue weighted by atomic mass is 14.3. The Bertz CT molecular complexity index is 769. The van der Waals surface area contributed by atoms with E-state index in [-0.39, 0.29) is 0 Å². The highest BCUT2D eigenvalue weighted by Crippen LogP contribution is 2.45. The Hall–Kier alpha value is -2.34. The van der Waals surface area contributed by atoms with Crippen LogP contribution in [0, 0.1) is 0 Å². The topological polar surface area (TPSA) is 0 Å². The average molecular weight is 256 g/mol. The molecule has 0 aliphatic heterocycles. The fourth-order valence-corrected chi connectivity index (χ4v) is 3.26. The SMILES string of the molecule is CC1c2ccccc2-c2ccc(-c3ccccc3)cc21. The van der Waals surface area contributed by atoms with E-state index in [1.165, 1.54) is 33.4 Å². The first-order valence-electron chi connectivity index (χ1n) is 7.13. The van der Waals surface area contributed by atoms with Gasteiger partial charge in [0.15, 0.2) is 0 Å². The second-order valence-electron chi connectivity index (χ2n) is 5.48. The van der Waals surface area contributed by atoms with E-state index in [0.717, 1.165) is 0 Å². The zero-order chi connectivity index (χ0) is 13.5. The fraction of sp³-hybridized carbons (Fsp3) is 0.100. The van der Waals surface area contributed by atoms with Crippen molar-refractivity contribution < 1.29 is 0 Å². The summed E-state index contributed by atoms with van der Waals surface area (Å²) in [4.78, 5) is 0. The van der Waals surface area contributed by atoms with Gasteiger partial charge in [0.25, 0.3) is 0 Å². The van der Waals surface area contributed by atoms with Gasteiger partial charge in [-0.3, -0.25) is 0 Å². The number of hydrogen-bond donors (Lipinski definition) is 0. The van der Waals surface area contributed by atoms with Gasteiger partial charge in [0.1, 0.15) is 0 Å². The van der Waals surface area contributed by atoms with Gasteiger partial charge in [0.2, 0.25) is 0 Å². The summed E-state index contributed by atoms with van der Waals surface area (Å²) in [5.41, 5.74) is 8.30. The number of hydrogen-bond acceptors (Lipinski definition) is 0. The standard InChI is InChI=1S/C20H16/c1-14-17-9-5-6-10-18(17)19-12-11-16(13-20(14)19)15-7-3-2-4-8-15/h2-14H,1H3. The van der Waals surface area contributed by atoms with Crippen LogP contribution in [-0.2, 0) is 0 Å². The summed E-state index contributed by atoms with van der Waals surface area (Å²) in [5.74, 6) is 0.491. The van der Waals surface area contributed by atoms with Gasteiger partial charge in [-0.15, -0.1) is 0 Å². The smallest absolute Gasteiger partial charge is 0.00735 e. The summed E-state index contributed by atoms with van der Waals surface area (Å²) in [6.07, 6.45) is 0. The highest BCUT2D eigenvalue weighted by molar-refractivity contribution is 5.81. The van der Waals surface area contributed by atoms with Crippen LogP contribution in [0.25, 0.3) is 22.3 Å². The van der Waals surface area contributed by atoms with Crippen LogP contribution in [0.4, 0.5) is 0 Å². The Morgan fingerprint density at radius 3 is 2.15 bits per heavy atom. The first-order valence-corrected chi connectivity index (χ1v) is 7.13. The van der Waals surface area contributed by atoms with Crippen molar-refractivity contribution in [3.8, 4) is 22.3 Å². The third kappa shape index (κ3) is 1.61. The lowest BCUT2D eigenvalue weighted by Crippen LogP contribution is -1.89. The molecule has 0 spiro atoms. The van der Waals surface area contributed by atoms with Crippen molar-refractivity contribution in [2.45, 2.75) is 12.8 Å². The van der Waals surface area contributed by atoms with Gasteiger partial charge in [-0.25, -0.2) is 0 Å². The molecular formula is C20H16. The van der Waals surface area contributed by atoms with Crippen molar-refractivity contribution in [1.29, 1.82) is 0 Å². The monoisotopic (exact) mass is 256 g/mol. The van der Waals surface area contributed by atoms with Crippen LogP contribution in [0.1, 0.15) is 24.0 Å². The van der Waals surface area contributed by atoms with E-state index in [1.54, 1.807) is 0 Å². The Balaban J connectivity index is 1.89. The number of fused-ring (bicyclic) bond motifs is 3. The Kier molecular flexibility index (Phi) is 2.50. The van der Waals surface area contributed by atoms with E-state index in [2.05, 4.69) is 79.7 Å². The van der Waals surface area contributed by atoms with Gasteiger partial charge in [-0.05, 0) is 39.4 Å². The Morgan fingerprint density at radius 2 is 1.30 bits per heavy atom. The quantitative estimate of drug-likeness (QED) is 0.540. The third-order valence-electron chi connectivity index (χ3n) is 4.34. The minimum absolute atomic E-state index is 0.491. The molecule has 0 bridgehead atoms. The maximum atomic E-state index is 2.36. The molecular weight excluding hydrogens is 240 g/mol. The van der Waals surface area contributed by atoms with Crippen molar-refractivity contribution >= 4 is 0 Å². The van der Waals surface area contributed by atoms with Crippen LogP contribution < -0.4 is 0 Å². The van der Waals surface area contributed by atoms with E-state index in [9.17, 15) is 0 Å². The minimum atomic E-state index is 0.491. The van der Waals surface area contributed by atoms with Crippen molar-refractivity contribution in [3.63, 3.8) is 0 Å². The van der Waals surface area contributed by atoms with Crippen LogP contribution in [-0.4, -0.2) is 0 Å². The first-order chi connectivity index (χ1) is 9.84. The largest absolute Gasteiger partial charge is 0.0622 e. The molecule has 1 aliphatic rings. The van der Waals surface area contributed by atoms with Gasteiger partial charge in [-0.2, -0.15) is 0 Å². The maximum absolute atomic E-state index is 2.36. The molecule has 1 atom stereocenters. The molecule has 0 heteroatoms. The molecule has 0 amide bonds. The maximum Gasteiger partial charge on any atom is 0.00735 e. The summed E-state index contributed by atoms with van der Waals surface area (Å²) in [5, 5.41) is 0. The van der Waals surface area contributed by atoms with E-state index in [4.69, 9.17) is 0 Å². The molecule has 0 heterocycles. The van der Waals surface area contributed by atoms with Crippen LogP contribution in [0.5, 0.6) is 0 Å². The van der Waals surface area contributed by atoms with Gasteiger partial charge in [0, 0.05) is 5.92 Å². The van der Waals surface area contributed by atoms with E-state index < -0.39 is 0 Å². The van der Waals surface area contributed by atoms with Gasteiger partial charge >= 0.3 is 0 Å². The lowest BCUT2D eigenvalue weighted by Gasteiger charge is -2.09. The van der Waals surface area contributed by atoms with Crippen molar-refractivity contribution in [2.24, 2.45) is 0 Å². The summed E-state index contributed by atoms with van der Waals surface area (Å²) < 4.78 is 0. The molecule has 3 aromatic carbocycles. The normalized spacial score (nSPS) is 15.8. The zero-order valence-electron chi connectivity index (χ0n) is 11.5. The molecule has 0 saturated heterocycles. The van der Waals surface area contributed by atoms with Crippen LogP contribution >= 0.6 is 0 Å². The molecule has 3 aromatic rings. The Labute approximate surface area is 119 Å². The van der Waals surface area contributed by atoms with E-state index >= 15 is 0 Å². The molecule has 0 saturated carbocycles. The van der Waals surface area contributed by atoms with Crippen LogP contribution in [0.15, 0.2) is 72.8 Å². The molecule has 0 N–H and O–H groups in total. The highest BCUT2D eigenvalue weighted by Gasteiger charge is 2.24. The van der Waals surface area contributed by atoms with E-state index in [1.807, 2.05) is 0 Å². The molecule has 1 unspecified atom stereocenters. The predicted molar refractivity (Wildman–Crippen MR) is 84.8 cm³/mol. The van der Waals surface area contributed by atoms with Gasteiger partial charge in [0.05, 0.1) is 0 Å². The predicted octanol–water partition coefficient (Wildman–Crippen LogP) is 5.49. The van der Waals surface area contributed by atoms with E-state index in [0.29, 0.717) is 5.92 Å². The lowest BCUT2D eigenvalue weighted by atomic mass is 9.95. The van der Waals surface area contributed by atoms with Crippen molar-refractivity contribution in [3.05, 3.63) is 83.9 Å². The molecule has 0 fully saturated rings. The molecule has 0 radical (unpaired) electrons. The number of rotatable bonds is 1. The minimum Gasteiger partial charge on any atom is -0.0622 e. The Morgan fingerprint density at radius 1 is 0.600 bits per heavy atom. The van der Waals surface area contributed by atoms with Crippen LogP contribution in [0.2, 0.25) is 0 Å². The molecule has 96 valence electrons. The second kappa shape index (κ2) is 4.35. The molecule has 20 heavy (non-hydrogen) atoms. The van der Waals surface area contributed by atoms with Gasteiger partial charge in [-0.1, -0.05) is 73.7 Å². The molecule has 0 nitrogen and oxygen atoms in total. The van der Waals surface area contributed by atoms with Crippen molar-refractivity contribution in [2.75, 3.05) is 0 Å². The molecule has 1 aliphatic carbocycles. The van der Waals surface area contributed by atoms with Crippen molar-refractivity contribution in [1.82, 2.24) is 0 Å². The molecule has 4 rings (SSSR count). The summed E-state index contributed by atoms with van der Waals surface area (Å²) in [6, 6.07) is 26.2. The van der Waals surface area contributed by atoms with Gasteiger partial charge < -0.3 is 0 Å². The van der Waals surface area contributed by atoms with Crippen LogP contribution in [0.3, 0.4) is 0 Å². The summed E-state index contributed by atoms with van der Waals surface area (Å²) in [6.45, 7) is 2.30. The fourth-order valence-electron chi connectivity index (χ4n) is 3.26. The second-order valence-corrected chi connectivity index (χ2v) is 5.48. The lowest BCUT2D eigenvalue weighted by molar-refractivity contribution is 0.957. The first kappa shape index (κ1) is 11.5. The zero-order valence-corrected chi connectivity index (χ0v) is 11.5. The average Bonchev–Trinajstić information content (AvgIpc) is 2.81. The molecule has 0 aromatic heterocycles. The third-order valence-corrected chi connectivity index (χ3v) is 4.34. The number of benzene rings is 3. The summed E-state index contributed by atoms with van der Waals surface area (Å²) in [7, 11) is 0.